The minimum absolute atomic E-state index is 0.352. The molecule has 0 amide bonds. The highest BCUT2D eigenvalue weighted by Crippen LogP contribution is 2.23. The SMILES string of the molecule is Cc1c(CN)cccc1S(=O)(=O)NCC1CCSCC1. The number of rotatable bonds is 5. The van der Waals surface area contributed by atoms with Gasteiger partial charge >= 0.3 is 0 Å². The molecule has 6 heteroatoms. The van der Waals surface area contributed by atoms with E-state index in [0.717, 1.165) is 35.5 Å². The lowest BCUT2D eigenvalue weighted by Crippen LogP contribution is -2.31. The quantitative estimate of drug-likeness (QED) is 0.870. The van der Waals surface area contributed by atoms with E-state index in [1.807, 2.05) is 24.8 Å². The summed E-state index contributed by atoms with van der Waals surface area (Å²) in [6.45, 7) is 2.71. The largest absolute Gasteiger partial charge is 0.326 e. The van der Waals surface area contributed by atoms with Gasteiger partial charge in [0.1, 0.15) is 0 Å². The lowest BCUT2D eigenvalue weighted by molar-refractivity contribution is 0.476. The van der Waals surface area contributed by atoms with Gasteiger partial charge < -0.3 is 5.73 Å². The number of hydrogen-bond donors (Lipinski definition) is 2. The van der Waals surface area contributed by atoms with E-state index >= 15 is 0 Å². The van der Waals surface area contributed by atoms with Crippen LogP contribution in [0.4, 0.5) is 0 Å². The van der Waals surface area contributed by atoms with E-state index in [1.54, 1.807) is 12.1 Å². The van der Waals surface area contributed by atoms with Crippen molar-refractivity contribution >= 4 is 21.8 Å². The van der Waals surface area contributed by atoms with E-state index in [4.69, 9.17) is 5.73 Å². The van der Waals surface area contributed by atoms with Gasteiger partial charge in [-0.15, -0.1) is 0 Å². The maximum atomic E-state index is 12.4. The first kappa shape index (κ1) is 15.8. The summed E-state index contributed by atoms with van der Waals surface area (Å²) < 4.78 is 27.6. The van der Waals surface area contributed by atoms with Gasteiger partial charge in [-0.1, -0.05) is 12.1 Å². The van der Waals surface area contributed by atoms with Crippen LogP contribution in [0.15, 0.2) is 23.1 Å². The zero-order valence-electron chi connectivity index (χ0n) is 11.8. The first-order chi connectivity index (χ1) is 9.54. The van der Waals surface area contributed by atoms with Gasteiger partial charge in [0.25, 0.3) is 0 Å². The predicted octanol–water partition coefficient (Wildman–Crippen LogP) is 1.88. The molecule has 1 heterocycles. The Kier molecular flexibility index (Phi) is 5.49. The molecular formula is C14H22N2O2S2. The van der Waals surface area contributed by atoms with E-state index < -0.39 is 10.0 Å². The number of sulfonamides is 1. The molecule has 0 saturated carbocycles. The third-order valence-corrected chi connectivity index (χ3v) is 6.43. The molecule has 2 rings (SSSR count). The highest BCUT2D eigenvalue weighted by Gasteiger charge is 2.21. The van der Waals surface area contributed by atoms with E-state index in [0.29, 0.717) is 23.9 Å². The van der Waals surface area contributed by atoms with Crippen LogP contribution in [0.1, 0.15) is 24.0 Å². The third-order valence-electron chi connectivity index (χ3n) is 3.81. The van der Waals surface area contributed by atoms with E-state index in [-0.39, 0.29) is 0 Å². The summed E-state index contributed by atoms with van der Waals surface area (Å²) in [5.74, 6) is 2.73. The average Bonchev–Trinajstić information content (AvgIpc) is 2.46. The van der Waals surface area contributed by atoms with Gasteiger partial charge in [-0.2, -0.15) is 11.8 Å². The van der Waals surface area contributed by atoms with Crippen LogP contribution < -0.4 is 10.5 Å². The van der Waals surface area contributed by atoms with Gasteiger partial charge in [0.05, 0.1) is 4.90 Å². The van der Waals surface area contributed by atoms with Crippen LogP contribution in [0.3, 0.4) is 0 Å². The number of benzene rings is 1. The van der Waals surface area contributed by atoms with Gasteiger partial charge in [-0.25, -0.2) is 13.1 Å². The molecule has 4 nitrogen and oxygen atoms in total. The number of hydrogen-bond acceptors (Lipinski definition) is 4. The van der Waals surface area contributed by atoms with Crippen molar-refractivity contribution in [2.45, 2.75) is 31.2 Å². The van der Waals surface area contributed by atoms with Crippen LogP contribution in [0.2, 0.25) is 0 Å². The Morgan fingerprint density at radius 1 is 1.35 bits per heavy atom. The molecule has 1 fully saturated rings. The molecule has 0 atom stereocenters. The lowest BCUT2D eigenvalue weighted by Gasteiger charge is -2.21. The van der Waals surface area contributed by atoms with Crippen LogP contribution in [-0.2, 0) is 16.6 Å². The molecule has 0 unspecified atom stereocenters. The Morgan fingerprint density at radius 3 is 2.70 bits per heavy atom. The van der Waals surface area contributed by atoms with Crippen molar-refractivity contribution < 1.29 is 8.42 Å². The lowest BCUT2D eigenvalue weighted by atomic mass is 10.0. The van der Waals surface area contributed by atoms with E-state index in [9.17, 15) is 8.42 Å². The zero-order valence-corrected chi connectivity index (χ0v) is 13.4. The Labute approximate surface area is 125 Å². The van der Waals surface area contributed by atoms with E-state index in [2.05, 4.69) is 4.72 Å². The smallest absolute Gasteiger partial charge is 0.240 e. The van der Waals surface area contributed by atoms with E-state index in [1.165, 1.54) is 0 Å². The summed E-state index contributed by atoms with van der Waals surface area (Å²) in [5.41, 5.74) is 7.26. The Balaban J connectivity index is 2.10. The second kappa shape index (κ2) is 6.93. The predicted molar refractivity (Wildman–Crippen MR) is 84.3 cm³/mol. The molecule has 1 aromatic rings. The first-order valence-corrected chi connectivity index (χ1v) is 9.54. The third kappa shape index (κ3) is 3.75. The summed E-state index contributed by atoms with van der Waals surface area (Å²) in [6.07, 6.45) is 2.18. The van der Waals surface area contributed by atoms with Crippen LogP contribution >= 0.6 is 11.8 Å². The van der Waals surface area contributed by atoms with Crippen molar-refractivity contribution in [3.8, 4) is 0 Å². The van der Waals surface area contributed by atoms with Crippen LogP contribution in [0, 0.1) is 12.8 Å². The topological polar surface area (TPSA) is 72.2 Å². The zero-order chi connectivity index (χ0) is 14.6. The van der Waals surface area contributed by atoms with Gasteiger partial charge in [0.15, 0.2) is 0 Å². The fourth-order valence-electron chi connectivity index (χ4n) is 2.43. The van der Waals surface area contributed by atoms with Crippen LogP contribution in [0.5, 0.6) is 0 Å². The molecule has 112 valence electrons. The maximum absolute atomic E-state index is 12.4. The maximum Gasteiger partial charge on any atom is 0.240 e. The second-order valence-electron chi connectivity index (χ2n) is 5.15. The fraction of sp³-hybridized carbons (Fsp3) is 0.571. The van der Waals surface area contributed by atoms with Crippen molar-refractivity contribution in [1.29, 1.82) is 0 Å². The second-order valence-corrected chi connectivity index (χ2v) is 8.11. The molecule has 20 heavy (non-hydrogen) atoms. The standard InChI is InChI=1S/C14H22N2O2S2/c1-11-13(9-15)3-2-4-14(11)20(17,18)16-10-12-5-7-19-8-6-12/h2-4,12,16H,5-10,15H2,1H3. The number of nitrogens with one attached hydrogen (secondary N) is 1. The molecule has 0 aromatic heterocycles. The molecule has 1 aliphatic rings. The van der Waals surface area contributed by atoms with Crippen molar-refractivity contribution in [3.05, 3.63) is 29.3 Å². The first-order valence-electron chi connectivity index (χ1n) is 6.90. The van der Waals surface area contributed by atoms with Gasteiger partial charge in [0.2, 0.25) is 10.0 Å². The average molecular weight is 314 g/mol. The summed E-state index contributed by atoms with van der Waals surface area (Å²) >= 11 is 1.94. The van der Waals surface area contributed by atoms with Crippen molar-refractivity contribution in [2.24, 2.45) is 11.7 Å². The fourth-order valence-corrected chi connectivity index (χ4v) is 5.03. The normalized spacial score (nSPS) is 17.3. The molecule has 1 saturated heterocycles. The molecule has 1 aliphatic heterocycles. The molecule has 1 aromatic carbocycles. The Hall–Kier alpha value is -0.560. The van der Waals surface area contributed by atoms with Crippen LogP contribution in [0.25, 0.3) is 0 Å². The molecule has 3 N–H and O–H groups in total. The van der Waals surface area contributed by atoms with Crippen molar-refractivity contribution in [2.75, 3.05) is 18.1 Å². The molecule has 0 bridgehead atoms. The molecular weight excluding hydrogens is 292 g/mol. The van der Waals surface area contributed by atoms with Crippen molar-refractivity contribution in [1.82, 2.24) is 4.72 Å². The molecule has 0 spiro atoms. The molecule has 0 radical (unpaired) electrons. The highest BCUT2D eigenvalue weighted by molar-refractivity contribution is 7.99. The van der Waals surface area contributed by atoms with Crippen LogP contribution in [-0.4, -0.2) is 26.5 Å². The van der Waals surface area contributed by atoms with Gasteiger partial charge in [-0.05, 0) is 54.4 Å². The minimum Gasteiger partial charge on any atom is -0.326 e. The number of thioether (sulfide) groups is 1. The summed E-state index contributed by atoms with van der Waals surface area (Å²) in [6, 6.07) is 5.27. The van der Waals surface area contributed by atoms with Gasteiger partial charge in [-0.3, -0.25) is 0 Å². The Morgan fingerprint density at radius 2 is 2.05 bits per heavy atom. The van der Waals surface area contributed by atoms with Crippen molar-refractivity contribution in [3.63, 3.8) is 0 Å². The van der Waals surface area contributed by atoms with Gasteiger partial charge in [0, 0.05) is 13.1 Å². The summed E-state index contributed by atoms with van der Waals surface area (Å²) in [5, 5.41) is 0. The summed E-state index contributed by atoms with van der Waals surface area (Å²) in [4.78, 5) is 0.352. The summed E-state index contributed by atoms with van der Waals surface area (Å²) in [7, 11) is -3.44. The molecule has 0 aliphatic carbocycles. The highest BCUT2D eigenvalue weighted by atomic mass is 32.2. The number of nitrogens with two attached hydrogens (primary N) is 1. The Bertz CT molecular complexity index is 552. The monoisotopic (exact) mass is 314 g/mol. The minimum atomic E-state index is -3.44.